The molecule has 1 aromatic rings. The molecule has 0 radical (unpaired) electrons. The molecule has 0 aliphatic heterocycles. The maximum absolute atomic E-state index is 5.48. The molecule has 0 bridgehead atoms. The molecule has 0 atom stereocenters. The van der Waals surface area contributed by atoms with Crippen LogP contribution in [0, 0.1) is 0 Å². The summed E-state index contributed by atoms with van der Waals surface area (Å²) in [5.74, 6) is 0. The first-order valence-electron chi connectivity index (χ1n) is 5.76. The average Bonchev–Trinajstić information content (AvgIpc) is 3.02. The second kappa shape index (κ2) is 6.35. The SMILES string of the molecule is COCCOCc1ccc(CNC2CC2)s1. The second-order valence-corrected chi connectivity index (χ2v) is 5.32. The molecule has 16 heavy (non-hydrogen) atoms. The van der Waals surface area contributed by atoms with Gasteiger partial charge in [-0.25, -0.2) is 0 Å². The molecule has 3 nitrogen and oxygen atoms in total. The van der Waals surface area contributed by atoms with Crippen LogP contribution < -0.4 is 5.32 Å². The third-order valence-electron chi connectivity index (χ3n) is 2.54. The summed E-state index contributed by atoms with van der Waals surface area (Å²) in [6.45, 7) is 3.05. The van der Waals surface area contributed by atoms with Crippen molar-refractivity contribution < 1.29 is 9.47 Å². The number of nitrogens with one attached hydrogen (secondary N) is 1. The van der Waals surface area contributed by atoms with Crippen LogP contribution in [0.3, 0.4) is 0 Å². The summed E-state index contributed by atoms with van der Waals surface area (Å²) in [5.41, 5.74) is 0. The highest BCUT2D eigenvalue weighted by molar-refractivity contribution is 7.11. The lowest BCUT2D eigenvalue weighted by atomic mass is 10.4. The van der Waals surface area contributed by atoms with Gasteiger partial charge in [0.25, 0.3) is 0 Å². The van der Waals surface area contributed by atoms with Gasteiger partial charge in [0.05, 0.1) is 19.8 Å². The summed E-state index contributed by atoms with van der Waals surface area (Å²) >= 11 is 1.83. The van der Waals surface area contributed by atoms with E-state index in [0.717, 1.165) is 12.6 Å². The van der Waals surface area contributed by atoms with E-state index in [1.807, 2.05) is 11.3 Å². The second-order valence-electron chi connectivity index (χ2n) is 4.07. The molecular formula is C12H19NO2S. The summed E-state index contributed by atoms with van der Waals surface area (Å²) in [7, 11) is 1.69. The van der Waals surface area contributed by atoms with Gasteiger partial charge in [0.15, 0.2) is 0 Å². The van der Waals surface area contributed by atoms with Gasteiger partial charge in [-0.2, -0.15) is 0 Å². The van der Waals surface area contributed by atoms with Crippen molar-refractivity contribution in [3.8, 4) is 0 Å². The van der Waals surface area contributed by atoms with Crippen molar-refractivity contribution in [3.63, 3.8) is 0 Å². The van der Waals surface area contributed by atoms with E-state index in [1.54, 1.807) is 7.11 Å². The van der Waals surface area contributed by atoms with E-state index in [9.17, 15) is 0 Å². The van der Waals surface area contributed by atoms with Crippen LogP contribution in [0.5, 0.6) is 0 Å². The molecule has 1 saturated carbocycles. The highest BCUT2D eigenvalue weighted by Gasteiger charge is 2.20. The highest BCUT2D eigenvalue weighted by Crippen LogP contribution is 2.22. The van der Waals surface area contributed by atoms with Crippen molar-refractivity contribution in [1.29, 1.82) is 0 Å². The van der Waals surface area contributed by atoms with Gasteiger partial charge in [0.2, 0.25) is 0 Å². The van der Waals surface area contributed by atoms with Gasteiger partial charge < -0.3 is 14.8 Å². The zero-order valence-corrected chi connectivity index (χ0v) is 10.5. The molecule has 1 aliphatic rings. The Labute approximate surface area is 101 Å². The van der Waals surface area contributed by atoms with Crippen LogP contribution in [0.15, 0.2) is 12.1 Å². The molecular weight excluding hydrogens is 222 g/mol. The Hall–Kier alpha value is -0.420. The number of methoxy groups -OCH3 is 1. The fourth-order valence-electron chi connectivity index (χ4n) is 1.44. The molecule has 90 valence electrons. The van der Waals surface area contributed by atoms with Gasteiger partial charge in [-0.05, 0) is 25.0 Å². The van der Waals surface area contributed by atoms with Crippen LogP contribution >= 0.6 is 11.3 Å². The van der Waals surface area contributed by atoms with Crippen LogP contribution in [0.1, 0.15) is 22.6 Å². The van der Waals surface area contributed by atoms with Crippen LogP contribution in [-0.4, -0.2) is 26.4 Å². The molecule has 2 rings (SSSR count). The summed E-state index contributed by atoms with van der Waals surface area (Å²) < 4.78 is 10.4. The van der Waals surface area contributed by atoms with Crippen molar-refractivity contribution >= 4 is 11.3 Å². The quantitative estimate of drug-likeness (QED) is 0.708. The smallest absolute Gasteiger partial charge is 0.0810 e. The lowest BCUT2D eigenvalue weighted by Crippen LogP contribution is -2.14. The van der Waals surface area contributed by atoms with Crippen LogP contribution in [0.25, 0.3) is 0 Å². The Kier molecular flexibility index (Phi) is 4.78. The Morgan fingerprint density at radius 3 is 2.88 bits per heavy atom. The van der Waals surface area contributed by atoms with Crippen molar-refractivity contribution in [2.75, 3.05) is 20.3 Å². The number of thiophene rings is 1. The van der Waals surface area contributed by atoms with Crippen molar-refractivity contribution in [2.45, 2.75) is 32.0 Å². The molecule has 0 amide bonds. The standard InChI is InChI=1S/C12H19NO2S/c1-14-6-7-15-9-12-5-4-11(16-12)8-13-10-2-3-10/h4-5,10,13H,2-3,6-9H2,1H3. The number of hydrogen-bond donors (Lipinski definition) is 1. The number of rotatable bonds is 8. The van der Waals surface area contributed by atoms with E-state index in [-0.39, 0.29) is 0 Å². The van der Waals surface area contributed by atoms with Crippen LogP contribution in [-0.2, 0) is 22.6 Å². The highest BCUT2D eigenvalue weighted by atomic mass is 32.1. The molecule has 0 aromatic carbocycles. The Bertz CT molecular complexity index is 310. The Morgan fingerprint density at radius 1 is 1.31 bits per heavy atom. The van der Waals surface area contributed by atoms with E-state index in [1.165, 1.54) is 22.6 Å². The minimum atomic E-state index is 0.668. The summed E-state index contributed by atoms with van der Waals surface area (Å²) in [6.07, 6.45) is 2.69. The number of ether oxygens (including phenoxy) is 2. The Morgan fingerprint density at radius 2 is 2.12 bits per heavy atom. The lowest BCUT2D eigenvalue weighted by Gasteiger charge is -2.01. The van der Waals surface area contributed by atoms with Crippen molar-refractivity contribution in [3.05, 3.63) is 21.9 Å². The lowest BCUT2D eigenvalue weighted by molar-refractivity contribution is 0.0628. The van der Waals surface area contributed by atoms with Gasteiger partial charge in [0, 0.05) is 29.5 Å². The topological polar surface area (TPSA) is 30.5 Å². The van der Waals surface area contributed by atoms with Gasteiger partial charge in [-0.1, -0.05) is 0 Å². The fourth-order valence-corrected chi connectivity index (χ4v) is 2.35. The van der Waals surface area contributed by atoms with Gasteiger partial charge in [-0.15, -0.1) is 11.3 Å². The fraction of sp³-hybridized carbons (Fsp3) is 0.667. The Balaban J connectivity index is 1.64. The minimum Gasteiger partial charge on any atom is -0.382 e. The molecule has 1 N–H and O–H groups in total. The normalized spacial score (nSPS) is 15.6. The first kappa shape index (κ1) is 12.0. The van der Waals surface area contributed by atoms with Gasteiger partial charge in [-0.3, -0.25) is 0 Å². The largest absolute Gasteiger partial charge is 0.382 e. The summed E-state index contributed by atoms with van der Waals surface area (Å²) in [4.78, 5) is 2.70. The van der Waals surface area contributed by atoms with Crippen LogP contribution in [0.2, 0.25) is 0 Å². The van der Waals surface area contributed by atoms with Crippen LogP contribution in [0.4, 0.5) is 0 Å². The van der Waals surface area contributed by atoms with E-state index in [0.29, 0.717) is 19.8 Å². The van der Waals surface area contributed by atoms with E-state index < -0.39 is 0 Å². The summed E-state index contributed by atoms with van der Waals surface area (Å²) in [5, 5.41) is 3.51. The van der Waals surface area contributed by atoms with Crippen molar-refractivity contribution in [1.82, 2.24) is 5.32 Å². The zero-order valence-electron chi connectivity index (χ0n) is 9.70. The van der Waals surface area contributed by atoms with E-state index in [4.69, 9.17) is 9.47 Å². The molecule has 1 aliphatic carbocycles. The van der Waals surface area contributed by atoms with Gasteiger partial charge >= 0.3 is 0 Å². The molecule has 0 saturated heterocycles. The molecule has 0 spiro atoms. The summed E-state index contributed by atoms with van der Waals surface area (Å²) in [6, 6.07) is 5.12. The third kappa shape index (κ3) is 4.22. The third-order valence-corrected chi connectivity index (χ3v) is 3.59. The molecule has 1 aromatic heterocycles. The molecule has 4 heteroatoms. The van der Waals surface area contributed by atoms with Gasteiger partial charge in [0.1, 0.15) is 0 Å². The first-order valence-corrected chi connectivity index (χ1v) is 6.58. The predicted octanol–water partition coefficient (Wildman–Crippen LogP) is 2.16. The molecule has 1 heterocycles. The zero-order chi connectivity index (χ0) is 11.2. The maximum Gasteiger partial charge on any atom is 0.0810 e. The average molecular weight is 241 g/mol. The first-order chi connectivity index (χ1) is 7.88. The minimum absolute atomic E-state index is 0.668. The molecule has 0 unspecified atom stereocenters. The predicted molar refractivity (Wildman–Crippen MR) is 65.7 cm³/mol. The number of hydrogen-bond acceptors (Lipinski definition) is 4. The van der Waals surface area contributed by atoms with Crippen molar-refractivity contribution in [2.24, 2.45) is 0 Å². The van der Waals surface area contributed by atoms with E-state index in [2.05, 4.69) is 17.4 Å². The monoisotopic (exact) mass is 241 g/mol. The van der Waals surface area contributed by atoms with E-state index >= 15 is 0 Å². The maximum atomic E-state index is 5.48. The molecule has 1 fully saturated rings.